The zero-order chi connectivity index (χ0) is 33.2. The lowest BCUT2D eigenvalue weighted by Crippen LogP contribution is -2.39. The van der Waals surface area contributed by atoms with Gasteiger partial charge in [-0.25, -0.2) is 19.3 Å². The molecular weight excluding hydrogens is 616 g/mol. The first-order chi connectivity index (χ1) is 22.7. The largest absolute Gasteiger partial charge is 0.491 e. The Morgan fingerprint density at radius 1 is 0.915 bits per heavy atom. The number of nitrogens with zero attached hydrogens (tertiary/aromatic N) is 4. The predicted molar refractivity (Wildman–Crippen MR) is 178 cm³/mol. The van der Waals surface area contributed by atoms with Crippen LogP contribution in [0.2, 0.25) is 0 Å². The Labute approximate surface area is 274 Å². The average molecular weight is 649 g/mol. The van der Waals surface area contributed by atoms with E-state index in [1.165, 1.54) is 30.1 Å². The van der Waals surface area contributed by atoms with E-state index in [9.17, 15) is 14.4 Å². The molecule has 2 aromatic heterocycles. The number of hydrogen-bond acceptors (Lipinski definition) is 9. The molecule has 0 saturated heterocycles. The van der Waals surface area contributed by atoms with E-state index in [0.29, 0.717) is 31.9 Å². The third kappa shape index (κ3) is 6.17. The number of esters is 2. The number of fused-ring (bicyclic) bond motifs is 1. The van der Waals surface area contributed by atoms with Crippen molar-refractivity contribution in [3.8, 4) is 22.7 Å². The summed E-state index contributed by atoms with van der Waals surface area (Å²) in [5.41, 5.74) is 4.41. The molecule has 11 heteroatoms. The molecule has 1 aliphatic heterocycles. The Morgan fingerprint density at radius 2 is 1.60 bits per heavy atom. The number of hydrogen-bond donors (Lipinski definition) is 0. The smallest absolute Gasteiger partial charge is 0.338 e. The fraction of sp³-hybridized carbons (Fsp3) is 0.194. The maximum atomic E-state index is 14.2. The molecule has 1 atom stereocenters. The molecule has 10 nitrogen and oxygen atoms in total. The summed E-state index contributed by atoms with van der Waals surface area (Å²) < 4.78 is 19.5. The molecule has 0 radical (unpaired) electrons. The van der Waals surface area contributed by atoms with E-state index in [-0.39, 0.29) is 17.2 Å². The second-order valence-electron chi connectivity index (χ2n) is 11.1. The molecule has 5 aromatic rings. The quantitative estimate of drug-likeness (QED) is 0.222. The van der Waals surface area contributed by atoms with Gasteiger partial charge < -0.3 is 14.2 Å². The Hall–Kier alpha value is -5.55. The number of thiazole rings is 1. The first-order valence-electron chi connectivity index (χ1n) is 14.9. The molecule has 3 heterocycles. The van der Waals surface area contributed by atoms with Gasteiger partial charge in [0.2, 0.25) is 0 Å². The molecule has 47 heavy (non-hydrogen) atoms. The Morgan fingerprint density at radius 3 is 2.23 bits per heavy atom. The zero-order valence-electron chi connectivity index (χ0n) is 26.5. The first kappa shape index (κ1) is 31.4. The molecule has 3 aromatic carbocycles. The van der Waals surface area contributed by atoms with Crippen LogP contribution < -0.4 is 19.6 Å². The third-order valence-corrected chi connectivity index (χ3v) is 8.61. The van der Waals surface area contributed by atoms with Crippen LogP contribution in [0, 0.1) is 0 Å². The summed E-state index contributed by atoms with van der Waals surface area (Å²) in [7, 11) is 2.60. The van der Waals surface area contributed by atoms with E-state index in [4.69, 9.17) is 19.3 Å². The molecule has 6 rings (SSSR count). The van der Waals surface area contributed by atoms with Gasteiger partial charge in [-0.2, -0.15) is 5.10 Å². The fourth-order valence-corrected chi connectivity index (χ4v) is 6.50. The van der Waals surface area contributed by atoms with Gasteiger partial charge in [-0.15, -0.1) is 0 Å². The molecule has 0 aliphatic carbocycles. The maximum Gasteiger partial charge on any atom is 0.338 e. The third-order valence-electron chi connectivity index (χ3n) is 7.62. The number of para-hydroxylation sites is 1. The van der Waals surface area contributed by atoms with Crippen molar-refractivity contribution < 1.29 is 23.8 Å². The molecule has 0 bridgehead atoms. The standard InChI is InChI=1S/C36H32N4O6S/c1-21(2)46-28-17-15-23(16-18-28)31-26(20-39(38-31)27-9-7-6-8-10-27)19-29-33(41)40-32(24-11-13-25(14-12-24)34(42)44-4)30(35(43)45-5)22(3)37-36(40)47-29/h6-21,32H,1-5H3. The molecule has 0 N–H and O–H groups in total. The average Bonchev–Trinajstić information content (AvgIpc) is 3.64. The summed E-state index contributed by atoms with van der Waals surface area (Å²) in [5.74, 6) is -0.342. The molecule has 0 amide bonds. The predicted octanol–water partition coefficient (Wildman–Crippen LogP) is 4.83. The van der Waals surface area contributed by atoms with Gasteiger partial charge in [0.15, 0.2) is 4.80 Å². The molecule has 238 valence electrons. The van der Waals surface area contributed by atoms with Gasteiger partial charge in [-0.05, 0) is 80.9 Å². The summed E-state index contributed by atoms with van der Waals surface area (Å²) in [5, 5.41) is 4.91. The van der Waals surface area contributed by atoms with Crippen molar-refractivity contribution in [1.82, 2.24) is 14.3 Å². The van der Waals surface area contributed by atoms with E-state index >= 15 is 0 Å². The van der Waals surface area contributed by atoms with Crippen molar-refractivity contribution in [2.24, 2.45) is 4.99 Å². The lowest BCUT2D eigenvalue weighted by atomic mass is 9.95. The van der Waals surface area contributed by atoms with Crippen molar-refractivity contribution in [3.05, 3.63) is 133 Å². The number of aromatic nitrogens is 3. The molecule has 1 aliphatic rings. The normalized spacial score (nSPS) is 14.5. The van der Waals surface area contributed by atoms with Gasteiger partial charge in [-0.3, -0.25) is 9.36 Å². The van der Waals surface area contributed by atoms with Crippen LogP contribution in [0.5, 0.6) is 5.75 Å². The van der Waals surface area contributed by atoms with Crippen LogP contribution in [-0.4, -0.2) is 46.6 Å². The zero-order valence-corrected chi connectivity index (χ0v) is 27.3. The highest BCUT2D eigenvalue weighted by molar-refractivity contribution is 7.07. The van der Waals surface area contributed by atoms with Crippen molar-refractivity contribution in [2.75, 3.05) is 14.2 Å². The first-order valence-corrected chi connectivity index (χ1v) is 15.7. The van der Waals surface area contributed by atoms with Crippen LogP contribution in [0.25, 0.3) is 23.0 Å². The summed E-state index contributed by atoms with van der Waals surface area (Å²) in [6.45, 7) is 5.66. The molecular formula is C36H32N4O6S. The van der Waals surface area contributed by atoms with Crippen molar-refractivity contribution in [1.29, 1.82) is 0 Å². The lowest BCUT2D eigenvalue weighted by Gasteiger charge is -2.24. The van der Waals surface area contributed by atoms with Crippen LogP contribution in [0.3, 0.4) is 0 Å². The second kappa shape index (κ2) is 13.1. The molecule has 0 fully saturated rings. The van der Waals surface area contributed by atoms with Crippen molar-refractivity contribution in [3.63, 3.8) is 0 Å². The summed E-state index contributed by atoms with van der Waals surface area (Å²) in [4.78, 5) is 44.5. The minimum absolute atomic E-state index is 0.0396. The van der Waals surface area contributed by atoms with Crippen LogP contribution in [0.1, 0.15) is 48.3 Å². The number of methoxy groups -OCH3 is 2. The minimum Gasteiger partial charge on any atom is -0.491 e. The van der Waals surface area contributed by atoms with E-state index < -0.39 is 18.0 Å². The van der Waals surface area contributed by atoms with E-state index in [0.717, 1.165) is 22.6 Å². The van der Waals surface area contributed by atoms with Crippen LogP contribution in [-0.2, 0) is 14.3 Å². The van der Waals surface area contributed by atoms with E-state index in [1.54, 1.807) is 41.9 Å². The number of benzene rings is 3. The SMILES string of the molecule is COC(=O)C1=C(C)N=c2sc(=Cc3cn(-c4ccccc4)nc3-c3ccc(OC(C)C)cc3)c(=O)n2C1c1ccc(C(=O)OC)cc1. The van der Waals surface area contributed by atoms with Crippen LogP contribution in [0.4, 0.5) is 0 Å². The molecule has 0 saturated carbocycles. The fourth-order valence-electron chi connectivity index (χ4n) is 5.46. The summed E-state index contributed by atoms with van der Waals surface area (Å²) in [6.07, 6.45) is 3.73. The number of allylic oxidation sites excluding steroid dienone is 1. The number of carbonyl (C=O) groups is 2. The van der Waals surface area contributed by atoms with E-state index in [2.05, 4.69) is 4.99 Å². The summed E-state index contributed by atoms with van der Waals surface area (Å²) in [6, 6.07) is 23.2. The van der Waals surface area contributed by atoms with Gasteiger partial charge in [0.05, 0.1) is 53.4 Å². The Kier molecular flexibility index (Phi) is 8.73. The highest BCUT2D eigenvalue weighted by atomic mass is 32.1. The molecule has 0 spiro atoms. The topological polar surface area (TPSA) is 114 Å². The minimum atomic E-state index is -0.826. The maximum absolute atomic E-state index is 14.2. The van der Waals surface area contributed by atoms with Crippen molar-refractivity contribution in [2.45, 2.75) is 32.9 Å². The number of ether oxygens (including phenoxy) is 3. The highest BCUT2D eigenvalue weighted by Crippen LogP contribution is 2.31. The monoisotopic (exact) mass is 648 g/mol. The van der Waals surface area contributed by atoms with Gasteiger partial charge in [0, 0.05) is 17.3 Å². The van der Waals surface area contributed by atoms with Gasteiger partial charge >= 0.3 is 11.9 Å². The highest BCUT2D eigenvalue weighted by Gasteiger charge is 2.33. The van der Waals surface area contributed by atoms with Gasteiger partial charge in [0.1, 0.15) is 11.4 Å². The second-order valence-corrected chi connectivity index (χ2v) is 12.1. The number of rotatable bonds is 8. The van der Waals surface area contributed by atoms with E-state index in [1.807, 2.05) is 74.6 Å². The number of carbonyl (C=O) groups excluding carboxylic acids is 2. The van der Waals surface area contributed by atoms with Crippen LogP contribution >= 0.6 is 11.3 Å². The van der Waals surface area contributed by atoms with Crippen molar-refractivity contribution >= 4 is 29.4 Å². The Bertz CT molecular complexity index is 2180. The lowest BCUT2D eigenvalue weighted by molar-refractivity contribution is -0.136. The van der Waals surface area contributed by atoms with Crippen LogP contribution in [0.15, 0.2) is 106 Å². The molecule has 1 unspecified atom stereocenters. The Balaban J connectivity index is 1.52. The van der Waals surface area contributed by atoms with Gasteiger partial charge in [-0.1, -0.05) is 41.7 Å². The van der Waals surface area contributed by atoms with Gasteiger partial charge in [0.25, 0.3) is 5.56 Å². The summed E-state index contributed by atoms with van der Waals surface area (Å²) >= 11 is 1.22.